The third kappa shape index (κ3) is 5.51. The molecule has 3 amide bonds. The smallest absolute Gasteiger partial charge is 0.410 e. The maximum atomic E-state index is 12.8. The summed E-state index contributed by atoms with van der Waals surface area (Å²) >= 11 is 1.01. The summed E-state index contributed by atoms with van der Waals surface area (Å²) in [7, 11) is -2.01. The van der Waals surface area contributed by atoms with Gasteiger partial charge in [-0.25, -0.2) is 4.79 Å². The van der Waals surface area contributed by atoms with E-state index >= 15 is 0 Å². The van der Waals surface area contributed by atoms with Crippen molar-refractivity contribution < 1.29 is 23.5 Å². The van der Waals surface area contributed by atoms with E-state index in [2.05, 4.69) is 33.9 Å². The Labute approximate surface area is 173 Å². The van der Waals surface area contributed by atoms with Gasteiger partial charge in [0.05, 0.1) is 24.4 Å². The maximum absolute atomic E-state index is 12.8. The number of thioether (sulfide) groups is 1. The minimum atomic E-state index is -2.01. The molecule has 0 bridgehead atoms. The Morgan fingerprint density at radius 3 is 2.25 bits per heavy atom. The number of carbonyl (C=O) groups is 3. The van der Waals surface area contributed by atoms with Gasteiger partial charge in [0.2, 0.25) is 5.91 Å². The molecule has 0 aromatic carbocycles. The Hall–Kier alpha value is -1.06. The molecule has 2 heterocycles. The average molecular weight is 431 g/mol. The Kier molecular flexibility index (Phi) is 6.62. The second kappa shape index (κ2) is 7.99. The first kappa shape index (κ1) is 23.2. The molecule has 0 spiro atoms. The predicted octanol–water partition coefficient (Wildman–Crippen LogP) is 4.08. The van der Waals surface area contributed by atoms with Crippen LogP contribution in [0.1, 0.15) is 48.0 Å². The van der Waals surface area contributed by atoms with E-state index in [-0.39, 0.29) is 40.6 Å². The number of rotatable bonds is 4. The van der Waals surface area contributed by atoms with Crippen LogP contribution < -0.4 is 0 Å². The topological polar surface area (TPSA) is 76.2 Å². The fourth-order valence-corrected chi connectivity index (χ4v) is 5.13. The van der Waals surface area contributed by atoms with Gasteiger partial charge >= 0.3 is 6.09 Å². The highest BCUT2D eigenvalue weighted by atomic mass is 32.2. The van der Waals surface area contributed by atoms with Crippen molar-refractivity contribution in [2.75, 3.05) is 18.8 Å². The summed E-state index contributed by atoms with van der Waals surface area (Å²) in [4.78, 5) is 39.7. The molecule has 2 saturated heterocycles. The zero-order valence-electron chi connectivity index (χ0n) is 18.3. The maximum Gasteiger partial charge on any atom is 0.410 e. The van der Waals surface area contributed by atoms with Crippen LogP contribution in [0, 0.1) is 0 Å². The molecule has 0 aromatic heterocycles. The van der Waals surface area contributed by atoms with Crippen LogP contribution in [0.3, 0.4) is 0 Å². The molecule has 0 aromatic rings. The molecule has 2 atom stereocenters. The lowest BCUT2D eigenvalue weighted by Crippen LogP contribution is -2.46. The normalized spacial score (nSPS) is 24.3. The molecule has 0 N–H and O–H groups in total. The number of ether oxygens (including phenoxy) is 1. The molecular formula is C19H34N2O5SSi. The fraction of sp³-hybridized carbons (Fsp3) is 0.842. The van der Waals surface area contributed by atoms with Crippen LogP contribution in [0.2, 0.25) is 18.1 Å². The molecule has 2 aliphatic heterocycles. The summed E-state index contributed by atoms with van der Waals surface area (Å²) in [5.74, 6) is -0.0325. The second-order valence-corrected chi connectivity index (χ2v) is 15.8. The van der Waals surface area contributed by atoms with E-state index in [0.29, 0.717) is 13.0 Å². The molecule has 0 radical (unpaired) electrons. The van der Waals surface area contributed by atoms with Crippen LogP contribution in [0.4, 0.5) is 9.59 Å². The van der Waals surface area contributed by atoms with Gasteiger partial charge in [-0.15, -0.1) is 0 Å². The van der Waals surface area contributed by atoms with Crippen molar-refractivity contribution in [3.63, 3.8) is 0 Å². The van der Waals surface area contributed by atoms with Gasteiger partial charge in [-0.2, -0.15) is 0 Å². The number of carbonyl (C=O) groups excluding carboxylic acids is 3. The summed E-state index contributed by atoms with van der Waals surface area (Å²) in [6.07, 6.45) is 0.0393. The SMILES string of the molecule is CC(C)(C)OC(=O)N1C[C@H](O[Si](C)(C)C(C)(C)C)C[C@H]1CN1C(=O)CSC1=O. The lowest BCUT2D eigenvalue weighted by molar-refractivity contribution is -0.125. The first-order valence-electron chi connectivity index (χ1n) is 9.75. The minimum Gasteiger partial charge on any atom is -0.444 e. The molecule has 7 nitrogen and oxygen atoms in total. The van der Waals surface area contributed by atoms with Crippen LogP contribution >= 0.6 is 11.8 Å². The zero-order chi connectivity index (χ0) is 21.5. The zero-order valence-corrected chi connectivity index (χ0v) is 20.1. The highest BCUT2D eigenvalue weighted by Gasteiger charge is 2.46. The fourth-order valence-electron chi connectivity index (χ4n) is 3.04. The van der Waals surface area contributed by atoms with Crippen molar-refractivity contribution in [1.29, 1.82) is 0 Å². The Bertz CT molecular complexity index is 625. The Balaban J connectivity index is 2.17. The summed E-state index contributed by atoms with van der Waals surface area (Å²) in [5, 5.41) is -0.192. The summed E-state index contributed by atoms with van der Waals surface area (Å²) in [5.41, 5.74) is -0.616. The van der Waals surface area contributed by atoms with Crippen molar-refractivity contribution in [3.05, 3.63) is 0 Å². The quantitative estimate of drug-likeness (QED) is 0.626. The molecule has 2 aliphatic rings. The Morgan fingerprint density at radius 2 is 1.79 bits per heavy atom. The van der Waals surface area contributed by atoms with Crippen molar-refractivity contribution >= 4 is 37.3 Å². The number of nitrogens with zero attached hydrogens (tertiary/aromatic N) is 2. The summed E-state index contributed by atoms with van der Waals surface area (Å²) in [6, 6.07) is -0.295. The van der Waals surface area contributed by atoms with Crippen molar-refractivity contribution in [1.82, 2.24) is 9.80 Å². The minimum absolute atomic E-state index is 0.0549. The molecule has 9 heteroatoms. The summed E-state index contributed by atoms with van der Waals surface area (Å²) < 4.78 is 12.1. The van der Waals surface area contributed by atoms with E-state index in [4.69, 9.17) is 9.16 Å². The van der Waals surface area contributed by atoms with Gasteiger partial charge in [0.1, 0.15) is 5.60 Å². The lowest BCUT2D eigenvalue weighted by Gasteiger charge is -2.38. The van der Waals surface area contributed by atoms with Crippen LogP contribution in [0.25, 0.3) is 0 Å². The number of imide groups is 1. The number of likely N-dealkylation sites (tertiary alicyclic amines) is 1. The molecule has 2 fully saturated rings. The van der Waals surface area contributed by atoms with Crippen molar-refractivity contribution in [2.45, 2.75) is 83.8 Å². The van der Waals surface area contributed by atoms with E-state index in [9.17, 15) is 14.4 Å². The van der Waals surface area contributed by atoms with Gasteiger partial charge in [0, 0.05) is 6.54 Å². The number of hydrogen-bond donors (Lipinski definition) is 0. The largest absolute Gasteiger partial charge is 0.444 e. The molecule has 2 rings (SSSR count). The van der Waals surface area contributed by atoms with E-state index in [1.807, 2.05) is 20.8 Å². The number of amides is 3. The van der Waals surface area contributed by atoms with Gasteiger partial charge in [0.15, 0.2) is 8.32 Å². The van der Waals surface area contributed by atoms with Gasteiger partial charge in [0.25, 0.3) is 5.24 Å². The van der Waals surface area contributed by atoms with Crippen LogP contribution in [0.5, 0.6) is 0 Å². The van der Waals surface area contributed by atoms with Crippen LogP contribution in [-0.4, -0.2) is 71.9 Å². The molecule has 160 valence electrons. The van der Waals surface area contributed by atoms with Crippen molar-refractivity contribution in [2.24, 2.45) is 0 Å². The Morgan fingerprint density at radius 1 is 1.18 bits per heavy atom. The first-order chi connectivity index (χ1) is 12.6. The third-order valence-corrected chi connectivity index (χ3v) is 10.9. The molecule has 28 heavy (non-hydrogen) atoms. The summed E-state index contributed by atoms with van der Waals surface area (Å²) in [6.45, 7) is 17.0. The van der Waals surface area contributed by atoms with E-state index < -0.39 is 20.0 Å². The lowest BCUT2D eigenvalue weighted by atomic mass is 10.2. The van der Waals surface area contributed by atoms with E-state index in [1.54, 1.807) is 4.90 Å². The van der Waals surface area contributed by atoms with Crippen molar-refractivity contribution in [3.8, 4) is 0 Å². The molecular weight excluding hydrogens is 396 g/mol. The molecule has 0 saturated carbocycles. The molecule has 0 unspecified atom stereocenters. The van der Waals surface area contributed by atoms with Gasteiger partial charge < -0.3 is 14.1 Å². The van der Waals surface area contributed by atoms with Gasteiger partial charge in [-0.05, 0) is 45.3 Å². The first-order valence-corrected chi connectivity index (χ1v) is 13.6. The number of hydrogen-bond acceptors (Lipinski definition) is 6. The highest BCUT2D eigenvalue weighted by Crippen LogP contribution is 2.39. The highest BCUT2D eigenvalue weighted by molar-refractivity contribution is 8.14. The van der Waals surface area contributed by atoms with Crippen LogP contribution in [-0.2, 0) is 14.0 Å². The van der Waals surface area contributed by atoms with Gasteiger partial charge in [-0.1, -0.05) is 32.5 Å². The predicted molar refractivity (Wildman–Crippen MR) is 113 cm³/mol. The second-order valence-electron chi connectivity index (χ2n) is 10.1. The van der Waals surface area contributed by atoms with E-state index in [1.165, 1.54) is 4.90 Å². The van der Waals surface area contributed by atoms with Crippen LogP contribution in [0.15, 0.2) is 0 Å². The van der Waals surface area contributed by atoms with Gasteiger partial charge in [-0.3, -0.25) is 14.5 Å². The van der Waals surface area contributed by atoms with E-state index in [0.717, 1.165) is 11.8 Å². The third-order valence-electron chi connectivity index (χ3n) is 5.51. The molecule has 0 aliphatic carbocycles. The standard InChI is InChI=1S/C19H34N2O5SSi/c1-18(2,3)25-16(23)20-11-14(26-28(7,8)19(4,5)6)9-13(20)10-21-15(22)12-27-17(21)24/h13-14H,9-12H2,1-8H3/t13-,14+/m0/s1. The average Bonchev–Trinajstić information content (AvgIpc) is 3.02. The monoisotopic (exact) mass is 430 g/mol.